The van der Waals surface area contributed by atoms with Gasteiger partial charge >= 0.3 is 0 Å². The minimum Gasteiger partial charge on any atom is -0.294 e. The second-order valence-corrected chi connectivity index (χ2v) is 8.57. The second-order valence-electron chi connectivity index (χ2n) is 8.57. The molecular formula is C25H31N3O. The van der Waals surface area contributed by atoms with Crippen molar-refractivity contribution in [3.05, 3.63) is 70.3 Å². The van der Waals surface area contributed by atoms with E-state index in [1.54, 1.807) is 5.01 Å². The number of benzene rings is 2. The monoisotopic (exact) mass is 389 g/mol. The van der Waals surface area contributed by atoms with Crippen molar-refractivity contribution in [1.82, 2.24) is 9.91 Å². The Bertz CT molecular complexity index is 910. The van der Waals surface area contributed by atoms with Crippen LogP contribution in [-0.2, 0) is 4.79 Å². The zero-order chi connectivity index (χ0) is 20.4. The summed E-state index contributed by atoms with van der Waals surface area (Å²) in [5.74, 6) is 0.109. The van der Waals surface area contributed by atoms with Crippen molar-refractivity contribution in [3.63, 3.8) is 0 Å². The fourth-order valence-corrected chi connectivity index (χ4v) is 4.47. The van der Waals surface area contributed by atoms with Crippen molar-refractivity contribution in [1.29, 1.82) is 0 Å². The van der Waals surface area contributed by atoms with Crippen LogP contribution in [0.3, 0.4) is 0 Å². The first-order valence-electron chi connectivity index (χ1n) is 10.8. The number of nitrogens with zero attached hydrogens (tertiary/aromatic N) is 3. The average Bonchev–Trinajstić information content (AvgIpc) is 3.14. The number of carbonyl (C=O) groups excluding carboxylic acids is 1. The lowest BCUT2D eigenvalue weighted by Gasteiger charge is -2.29. The van der Waals surface area contributed by atoms with Gasteiger partial charge in [0.1, 0.15) is 0 Å². The molecule has 2 aliphatic rings. The Kier molecular flexibility index (Phi) is 5.81. The fraction of sp³-hybridized carbons (Fsp3) is 0.440. The molecular weight excluding hydrogens is 358 g/mol. The van der Waals surface area contributed by atoms with E-state index in [1.165, 1.54) is 36.0 Å². The lowest BCUT2D eigenvalue weighted by atomic mass is 9.95. The van der Waals surface area contributed by atoms with Gasteiger partial charge < -0.3 is 0 Å². The van der Waals surface area contributed by atoms with Gasteiger partial charge in [-0.3, -0.25) is 9.69 Å². The van der Waals surface area contributed by atoms with Gasteiger partial charge in [0.2, 0.25) is 0 Å². The molecule has 0 saturated carbocycles. The van der Waals surface area contributed by atoms with Crippen LogP contribution in [0.2, 0.25) is 0 Å². The molecule has 1 amide bonds. The summed E-state index contributed by atoms with van der Waals surface area (Å²) in [7, 11) is 0. The predicted molar refractivity (Wildman–Crippen MR) is 118 cm³/mol. The van der Waals surface area contributed by atoms with Crippen molar-refractivity contribution < 1.29 is 4.79 Å². The molecule has 0 spiro atoms. The first-order chi connectivity index (χ1) is 14.0. The number of carbonyl (C=O) groups is 1. The third kappa shape index (κ3) is 4.43. The van der Waals surface area contributed by atoms with E-state index in [0.29, 0.717) is 6.54 Å². The quantitative estimate of drug-likeness (QED) is 0.755. The second kappa shape index (κ2) is 8.50. The van der Waals surface area contributed by atoms with E-state index in [0.717, 1.165) is 36.3 Å². The van der Waals surface area contributed by atoms with Crippen molar-refractivity contribution in [2.75, 3.05) is 19.6 Å². The van der Waals surface area contributed by atoms with E-state index >= 15 is 0 Å². The van der Waals surface area contributed by atoms with Gasteiger partial charge in [-0.2, -0.15) is 5.10 Å². The SMILES string of the molecule is Cc1ccc([C@@H]2CC(c3ccc(C)cc3C)=NN2C(=O)CN2CCCCC2)cc1. The lowest BCUT2D eigenvalue weighted by Crippen LogP contribution is -2.40. The van der Waals surface area contributed by atoms with E-state index in [-0.39, 0.29) is 11.9 Å². The van der Waals surface area contributed by atoms with Gasteiger partial charge in [0, 0.05) is 12.0 Å². The molecule has 0 radical (unpaired) electrons. The molecule has 0 N–H and O–H groups in total. The minimum absolute atomic E-state index is 0.0245. The molecule has 0 aromatic heterocycles. The number of likely N-dealkylation sites (tertiary alicyclic amines) is 1. The molecule has 4 nitrogen and oxygen atoms in total. The largest absolute Gasteiger partial charge is 0.294 e. The van der Waals surface area contributed by atoms with Crippen LogP contribution in [0.15, 0.2) is 47.6 Å². The van der Waals surface area contributed by atoms with Crippen molar-refractivity contribution >= 4 is 11.6 Å². The Hall–Kier alpha value is -2.46. The minimum atomic E-state index is -0.0245. The highest BCUT2D eigenvalue weighted by Crippen LogP contribution is 2.34. The van der Waals surface area contributed by atoms with Crippen LogP contribution in [0.25, 0.3) is 0 Å². The Balaban J connectivity index is 1.63. The molecule has 4 heteroatoms. The van der Waals surface area contributed by atoms with Gasteiger partial charge in [-0.05, 0) is 57.8 Å². The van der Waals surface area contributed by atoms with Crippen LogP contribution in [0.1, 0.15) is 59.5 Å². The third-order valence-corrected chi connectivity index (χ3v) is 6.13. The molecule has 2 aliphatic heterocycles. The molecule has 0 aliphatic carbocycles. The third-order valence-electron chi connectivity index (χ3n) is 6.13. The van der Waals surface area contributed by atoms with Crippen LogP contribution >= 0.6 is 0 Å². The summed E-state index contributed by atoms with van der Waals surface area (Å²) in [6, 6.07) is 15.0. The average molecular weight is 390 g/mol. The maximum Gasteiger partial charge on any atom is 0.257 e. The number of amides is 1. The van der Waals surface area contributed by atoms with Crippen molar-refractivity contribution in [3.8, 4) is 0 Å². The van der Waals surface area contributed by atoms with Gasteiger partial charge in [-0.1, -0.05) is 60.0 Å². The summed E-state index contributed by atoms with van der Waals surface area (Å²) < 4.78 is 0. The smallest absolute Gasteiger partial charge is 0.257 e. The zero-order valence-corrected chi connectivity index (χ0v) is 17.8. The van der Waals surface area contributed by atoms with E-state index in [4.69, 9.17) is 5.10 Å². The Labute approximate surface area is 174 Å². The highest BCUT2D eigenvalue weighted by atomic mass is 16.2. The number of hydrogen-bond donors (Lipinski definition) is 0. The van der Waals surface area contributed by atoms with E-state index in [2.05, 4.69) is 68.1 Å². The first-order valence-corrected chi connectivity index (χ1v) is 10.8. The number of hydrazone groups is 1. The van der Waals surface area contributed by atoms with Gasteiger partial charge in [0.15, 0.2) is 0 Å². The highest BCUT2D eigenvalue weighted by molar-refractivity contribution is 6.04. The molecule has 1 saturated heterocycles. The molecule has 152 valence electrons. The Morgan fingerprint density at radius 1 is 0.966 bits per heavy atom. The summed E-state index contributed by atoms with van der Waals surface area (Å²) in [6.45, 7) is 8.83. The maximum absolute atomic E-state index is 13.3. The molecule has 4 rings (SSSR count). The van der Waals surface area contributed by atoms with Crippen molar-refractivity contribution in [2.24, 2.45) is 5.10 Å². The van der Waals surface area contributed by atoms with Crippen LogP contribution in [0, 0.1) is 20.8 Å². The molecule has 0 bridgehead atoms. The van der Waals surface area contributed by atoms with Crippen molar-refractivity contribution in [2.45, 2.75) is 52.5 Å². The number of hydrogen-bond acceptors (Lipinski definition) is 3. The topological polar surface area (TPSA) is 35.9 Å². The number of rotatable bonds is 4. The fourth-order valence-electron chi connectivity index (χ4n) is 4.47. The first kappa shape index (κ1) is 19.8. The predicted octanol–water partition coefficient (Wildman–Crippen LogP) is 4.78. The summed E-state index contributed by atoms with van der Waals surface area (Å²) in [4.78, 5) is 15.5. The summed E-state index contributed by atoms with van der Waals surface area (Å²) >= 11 is 0. The van der Waals surface area contributed by atoms with E-state index in [1.807, 2.05) is 0 Å². The summed E-state index contributed by atoms with van der Waals surface area (Å²) in [6.07, 6.45) is 4.41. The molecule has 2 heterocycles. The van der Waals surface area contributed by atoms with Gasteiger partial charge in [-0.15, -0.1) is 0 Å². The Morgan fingerprint density at radius 2 is 1.66 bits per heavy atom. The molecule has 1 atom stereocenters. The highest BCUT2D eigenvalue weighted by Gasteiger charge is 2.34. The number of piperidine rings is 1. The van der Waals surface area contributed by atoms with E-state index < -0.39 is 0 Å². The van der Waals surface area contributed by atoms with Crippen LogP contribution < -0.4 is 0 Å². The van der Waals surface area contributed by atoms with Gasteiger partial charge in [-0.25, -0.2) is 5.01 Å². The standard InChI is InChI=1S/C25H31N3O/c1-18-7-10-21(11-8-18)24-16-23(22-12-9-19(2)15-20(22)3)26-28(24)25(29)17-27-13-5-4-6-14-27/h7-12,15,24H,4-6,13-14,16-17H2,1-3H3/t24-/m0/s1. The van der Waals surface area contributed by atoms with E-state index in [9.17, 15) is 4.79 Å². The molecule has 2 aromatic rings. The molecule has 0 unspecified atom stereocenters. The molecule has 2 aromatic carbocycles. The van der Waals surface area contributed by atoms with Gasteiger partial charge in [0.25, 0.3) is 5.91 Å². The normalized spacial score (nSPS) is 20.0. The maximum atomic E-state index is 13.3. The zero-order valence-electron chi connectivity index (χ0n) is 17.8. The van der Waals surface area contributed by atoms with Crippen LogP contribution in [0.5, 0.6) is 0 Å². The summed E-state index contributed by atoms with van der Waals surface area (Å²) in [5.41, 5.74) is 7.02. The molecule has 1 fully saturated rings. The Morgan fingerprint density at radius 3 is 2.34 bits per heavy atom. The molecule has 29 heavy (non-hydrogen) atoms. The van der Waals surface area contributed by atoms with Gasteiger partial charge in [0.05, 0.1) is 18.3 Å². The van der Waals surface area contributed by atoms with Crippen LogP contribution in [0.4, 0.5) is 0 Å². The van der Waals surface area contributed by atoms with Crippen LogP contribution in [-0.4, -0.2) is 41.2 Å². The lowest BCUT2D eigenvalue weighted by molar-refractivity contribution is -0.134. The number of aryl methyl sites for hydroxylation is 3. The summed E-state index contributed by atoms with van der Waals surface area (Å²) in [5, 5.41) is 6.63.